The van der Waals surface area contributed by atoms with E-state index in [1.165, 1.54) is 0 Å². The molecular weight excluding hydrogens is 358 g/mol. The lowest BCUT2D eigenvalue weighted by atomic mass is 10.2. The summed E-state index contributed by atoms with van der Waals surface area (Å²) < 4.78 is 11.2. The minimum atomic E-state index is 0.430. The summed E-state index contributed by atoms with van der Waals surface area (Å²) in [7, 11) is 1.60. The number of hydrazone groups is 1. The molecular formula is C18H20ClN3O2S. The van der Waals surface area contributed by atoms with Gasteiger partial charge in [-0.2, -0.15) is 5.10 Å². The highest BCUT2D eigenvalue weighted by molar-refractivity contribution is 7.80. The van der Waals surface area contributed by atoms with Crippen LogP contribution in [0.2, 0.25) is 5.02 Å². The van der Waals surface area contributed by atoms with Crippen molar-refractivity contribution in [1.82, 2.24) is 10.7 Å². The predicted octanol–water partition coefficient (Wildman–Crippen LogP) is 3.75. The Morgan fingerprint density at radius 2 is 1.96 bits per heavy atom. The van der Waals surface area contributed by atoms with Gasteiger partial charge in [0.1, 0.15) is 6.61 Å². The van der Waals surface area contributed by atoms with Gasteiger partial charge < -0.3 is 14.8 Å². The second-order valence-corrected chi connectivity index (χ2v) is 5.90. The van der Waals surface area contributed by atoms with Crippen LogP contribution in [0.3, 0.4) is 0 Å². The summed E-state index contributed by atoms with van der Waals surface area (Å²) in [5.74, 6) is 1.29. The summed E-state index contributed by atoms with van der Waals surface area (Å²) in [6, 6.07) is 13.1. The van der Waals surface area contributed by atoms with Crippen LogP contribution in [0.4, 0.5) is 0 Å². The molecule has 0 heterocycles. The van der Waals surface area contributed by atoms with Crippen molar-refractivity contribution >= 4 is 35.1 Å². The Morgan fingerprint density at radius 3 is 2.64 bits per heavy atom. The van der Waals surface area contributed by atoms with Gasteiger partial charge in [-0.15, -0.1) is 0 Å². The lowest BCUT2D eigenvalue weighted by Crippen LogP contribution is -2.31. The van der Waals surface area contributed by atoms with E-state index in [9.17, 15) is 0 Å². The second kappa shape index (κ2) is 9.86. The maximum absolute atomic E-state index is 5.88. The van der Waals surface area contributed by atoms with Crippen LogP contribution in [0.15, 0.2) is 47.6 Å². The van der Waals surface area contributed by atoms with E-state index in [0.717, 1.165) is 17.7 Å². The van der Waals surface area contributed by atoms with Gasteiger partial charge in [0.05, 0.1) is 13.3 Å². The van der Waals surface area contributed by atoms with Crippen LogP contribution in [0.5, 0.6) is 11.5 Å². The Labute approximate surface area is 158 Å². The molecule has 0 saturated heterocycles. The summed E-state index contributed by atoms with van der Waals surface area (Å²) in [4.78, 5) is 0. The van der Waals surface area contributed by atoms with Crippen LogP contribution in [-0.4, -0.2) is 25.0 Å². The number of halogens is 1. The first kappa shape index (κ1) is 19.0. The van der Waals surface area contributed by atoms with Gasteiger partial charge in [0, 0.05) is 11.6 Å². The first-order chi connectivity index (χ1) is 12.1. The highest BCUT2D eigenvalue weighted by Gasteiger charge is 2.06. The molecule has 25 heavy (non-hydrogen) atoms. The zero-order chi connectivity index (χ0) is 18.1. The Bertz CT molecular complexity index is 736. The average Bonchev–Trinajstić information content (AvgIpc) is 2.62. The molecule has 2 rings (SSSR count). The van der Waals surface area contributed by atoms with E-state index in [1.807, 2.05) is 49.4 Å². The molecule has 7 heteroatoms. The summed E-state index contributed by atoms with van der Waals surface area (Å²) >= 11 is 10.9. The third-order valence-electron chi connectivity index (χ3n) is 3.21. The molecule has 2 N–H and O–H groups in total. The molecule has 0 aromatic heterocycles. The lowest BCUT2D eigenvalue weighted by molar-refractivity contribution is 0.284. The Morgan fingerprint density at radius 1 is 1.20 bits per heavy atom. The number of nitrogens with one attached hydrogen (secondary N) is 2. The molecule has 0 unspecified atom stereocenters. The average molecular weight is 378 g/mol. The fourth-order valence-corrected chi connectivity index (χ4v) is 2.31. The highest BCUT2D eigenvalue weighted by atomic mass is 35.5. The molecule has 0 aliphatic heterocycles. The molecule has 132 valence electrons. The number of methoxy groups -OCH3 is 1. The molecule has 0 amide bonds. The SMILES string of the molecule is CCNC(=S)N/N=C\c1ccc(OCc2ccc(Cl)cc2)c(OC)c1. The number of thiocarbonyl (C=S) groups is 1. The zero-order valence-electron chi connectivity index (χ0n) is 14.1. The molecule has 0 bridgehead atoms. The summed E-state index contributed by atoms with van der Waals surface area (Å²) in [6.45, 7) is 3.14. The predicted molar refractivity (Wildman–Crippen MR) is 106 cm³/mol. The number of benzene rings is 2. The number of hydrogen-bond donors (Lipinski definition) is 2. The van der Waals surface area contributed by atoms with Crippen molar-refractivity contribution in [2.45, 2.75) is 13.5 Å². The zero-order valence-corrected chi connectivity index (χ0v) is 15.7. The normalized spacial score (nSPS) is 10.5. The van der Waals surface area contributed by atoms with E-state index in [-0.39, 0.29) is 0 Å². The van der Waals surface area contributed by atoms with Gasteiger partial charge >= 0.3 is 0 Å². The molecule has 0 spiro atoms. The van der Waals surface area contributed by atoms with Gasteiger partial charge in [-0.25, -0.2) is 0 Å². The molecule has 0 fully saturated rings. The van der Waals surface area contributed by atoms with Gasteiger partial charge in [0.25, 0.3) is 0 Å². The number of hydrogen-bond acceptors (Lipinski definition) is 4. The first-order valence-corrected chi connectivity index (χ1v) is 8.53. The Hall–Kier alpha value is -2.31. The van der Waals surface area contributed by atoms with Crippen molar-refractivity contribution in [3.63, 3.8) is 0 Å². The summed E-state index contributed by atoms with van der Waals surface area (Å²) in [5.41, 5.74) is 4.63. The monoisotopic (exact) mass is 377 g/mol. The molecule has 0 aliphatic rings. The minimum absolute atomic E-state index is 0.430. The fraction of sp³-hybridized carbons (Fsp3) is 0.222. The van der Waals surface area contributed by atoms with Crippen LogP contribution in [0, 0.1) is 0 Å². The smallest absolute Gasteiger partial charge is 0.186 e. The van der Waals surface area contributed by atoms with Crippen LogP contribution in [-0.2, 0) is 6.61 Å². The third-order valence-corrected chi connectivity index (χ3v) is 3.70. The van der Waals surface area contributed by atoms with Crippen molar-refractivity contribution in [1.29, 1.82) is 0 Å². The van der Waals surface area contributed by atoms with E-state index >= 15 is 0 Å². The summed E-state index contributed by atoms with van der Waals surface area (Å²) in [6.07, 6.45) is 1.66. The van der Waals surface area contributed by atoms with Crippen molar-refractivity contribution in [3.8, 4) is 11.5 Å². The Balaban J connectivity index is 1.99. The molecule has 0 radical (unpaired) electrons. The second-order valence-electron chi connectivity index (χ2n) is 5.05. The van der Waals surface area contributed by atoms with Crippen LogP contribution in [0.25, 0.3) is 0 Å². The van der Waals surface area contributed by atoms with E-state index in [4.69, 9.17) is 33.3 Å². The van der Waals surface area contributed by atoms with E-state index in [0.29, 0.717) is 28.2 Å². The minimum Gasteiger partial charge on any atom is -0.493 e. The quantitative estimate of drug-likeness (QED) is 0.437. The molecule has 2 aromatic carbocycles. The van der Waals surface area contributed by atoms with Gasteiger partial charge in [-0.1, -0.05) is 23.7 Å². The van der Waals surface area contributed by atoms with Crippen molar-refractivity contribution < 1.29 is 9.47 Å². The van der Waals surface area contributed by atoms with Gasteiger partial charge in [0.15, 0.2) is 16.6 Å². The molecule has 0 saturated carbocycles. The third kappa shape index (κ3) is 6.25. The fourth-order valence-electron chi connectivity index (χ4n) is 1.99. The topological polar surface area (TPSA) is 54.9 Å². The van der Waals surface area contributed by atoms with Crippen molar-refractivity contribution in [2.24, 2.45) is 5.10 Å². The number of ether oxygens (including phenoxy) is 2. The van der Waals surface area contributed by atoms with Crippen molar-refractivity contribution in [2.75, 3.05) is 13.7 Å². The summed E-state index contributed by atoms with van der Waals surface area (Å²) in [5, 5.41) is 8.21. The van der Waals surface area contributed by atoms with Gasteiger partial charge in [0.2, 0.25) is 0 Å². The van der Waals surface area contributed by atoms with Gasteiger partial charge in [-0.05, 0) is 60.6 Å². The standard InChI is InChI=1S/C18H20ClN3O2S/c1-3-20-18(25)22-21-11-14-6-9-16(17(10-14)23-2)24-12-13-4-7-15(19)8-5-13/h4-11H,3,12H2,1-2H3,(H2,20,22,25)/b21-11-. The van der Waals surface area contributed by atoms with Crippen LogP contribution < -0.4 is 20.2 Å². The maximum atomic E-state index is 5.88. The van der Waals surface area contributed by atoms with Crippen LogP contribution >= 0.6 is 23.8 Å². The lowest BCUT2D eigenvalue weighted by Gasteiger charge is -2.11. The van der Waals surface area contributed by atoms with Crippen molar-refractivity contribution in [3.05, 3.63) is 58.6 Å². The Kier molecular flexibility index (Phi) is 7.50. The maximum Gasteiger partial charge on any atom is 0.186 e. The molecule has 0 atom stereocenters. The molecule has 0 aliphatic carbocycles. The van der Waals surface area contributed by atoms with Crippen LogP contribution in [0.1, 0.15) is 18.1 Å². The molecule has 5 nitrogen and oxygen atoms in total. The van der Waals surface area contributed by atoms with E-state index < -0.39 is 0 Å². The van der Waals surface area contributed by atoms with E-state index in [2.05, 4.69) is 15.8 Å². The molecule has 2 aromatic rings. The number of nitrogens with zero attached hydrogens (tertiary/aromatic N) is 1. The van der Waals surface area contributed by atoms with E-state index in [1.54, 1.807) is 13.3 Å². The first-order valence-electron chi connectivity index (χ1n) is 7.74. The number of rotatable bonds is 7. The highest BCUT2D eigenvalue weighted by Crippen LogP contribution is 2.28. The largest absolute Gasteiger partial charge is 0.493 e. The van der Waals surface area contributed by atoms with Gasteiger partial charge in [-0.3, -0.25) is 5.43 Å².